The van der Waals surface area contributed by atoms with Gasteiger partial charge in [0.05, 0.1) is 24.2 Å². The van der Waals surface area contributed by atoms with E-state index in [1.165, 1.54) is 6.07 Å². The van der Waals surface area contributed by atoms with E-state index in [1.807, 2.05) is 31.2 Å². The van der Waals surface area contributed by atoms with Gasteiger partial charge in [-0.05, 0) is 25.6 Å². The summed E-state index contributed by atoms with van der Waals surface area (Å²) in [5.41, 5.74) is 2.47. The third-order valence-corrected chi connectivity index (χ3v) is 5.45. The Morgan fingerprint density at radius 3 is 2.59 bits per heavy atom. The van der Waals surface area contributed by atoms with Crippen LogP contribution in [-0.2, 0) is 0 Å². The molecular formula is C22H28ClN7O2. The third kappa shape index (κ3) is 5.17. The Morgan fingerprint density at radius 1 is 1.16 bits per heavy atom. The minimum Gasteiger partial charge on any atom is -0.495 e. The molecular weight excluding hydrogens is 430 g/mol. The lowest BCUT2D eigenvalue weighted by Gasteiger charge is -2.34. The number of ether oxygens (including phenoxy) is 1. The summed E-state index contributed by atoms with van der Waals surface area (Å²) in [6.07, 6.45) is 1.75. The molecule has 1 aliphatic rings. The molecule has 9 nitrogen and oxygen atoms in total. The van der Waals surface area contributed by atoms with Gasteiger partial charge >= 0.3 is 0 Å². The molecule has 0 saturated carbocycles. The van der Waals surface area contributed by atoms with Crippen molar-refractivity contribution < 1.29 is 4.74 Å². The molecule has 0 amide bonds. The smallest absolute Gasteiger partial charge is 0.252 e. The first-order valence-electron chi connectivity index (χ1n) is 10.4. The van der Waals surface area contributed by atoms with E-state index >= 15 is 0 Å². The molecule has 0 aliphatic carbocycles. The van der Waals surface area contributed by atoms with Gasteiger partial charge in [0.25, 0.3) is 5.56 Å². The topological polar surface area (TPSA) is 99.3 Å². The summed E-state index contributed by atoms with van der Waals surface area (Å²) in [6.45, 7) is 8.98. The summed E-state index contributed by atoms with van der Waals surface area (Å²) in [6, 6.07) is 8.90. The molecule has 170 valence electrons. The first-order chi connectivity index (χ1) is 15.1. The molecule has 3 aromatic rings. The Morgan fingerprint density at radius 2 is 1.91 bits per heavy atom. The first kappa shape index (κ1) is 23.5. The van der Waals surface area contributed by atoms with Crippen LogP contribution in [0.1, 0.15) is 12.6 Å². The molecule has 3 heterocycles. The summed E-state index contributed by atoms with van der Waals surface area (Å²) in [5.74, 6) is 1.70. The quantitative estimate of drug-likeness (QED) is 0.583. The number of methoxy groups -OCH3 is 1. The number of halogens is 1. The number of piperazine rings is 1. The first-order valence-corrected chi connectivity index (χ1v) is 10.4. The maximum absolute atomic E-state index is 12.3. The van der Waals surface area contributed by atoms with Crippen molar-refractivity contribution in [3.05, 3.63) is 52.6 Å². The molecule has 10 heteroatoms. The van der Waals surface area contributed by atoms with Crippen molar-refractivity contribution >= 4 is 30.0 Å². The molecule has 0 unspecified atom stereocenters. The van der Waals surface area contributed by atoms with E-state index in [9.17, 15) is 4.79 Å². The van der Waals surface area contributed by atoms with Gasteiger partial charge in [-0.15, -0.1) is 12.4 Å². The Bertz CT molecular complexity index is 1110. The van der Waals surface area contributed by atoms with Crippen molar-refractivity contribution in [2.75, 3.05) is 50.1 Å². The summed E-state index contributed by atoms with van der Waals surface area (Å²) >= 11 is 0. The van der Waals surface area contributed by atoms with E-state index in [4.69, 9.17) is 9.72 Å². The molecule has 0 atom stereocenters. The monoisotopic (exact) mass is 457 g/mol. The average Bonchev–Trinajstić information content (AvgIpc) is 2.79. The van der Waals surface area contributed by atoms with Crippen LogP contribution in [0.5, 0.6) is 5.75 Å². The van der Waals surface area contributed by atoms with Crippen molar-refractivity contribution in [2.45, 2.75) is 13.8 Å². The van der Waals surface area contributed by atoms with Crippen molar-refractivity contribution in [3.63, 3.8) is 0 Å². The van der Waals surface area contributed by atoms with Crippen LogP contribution in [-0.4, -0.2) is 64.7 Å². The summed E-state index contributed by atoms with van der Waals surface area (Å²) in [7, 11) is 1.59. The van der Waals surface area contributed by atoms with Gasteiger partial charge < -0.3 is 19.9 Å². The van der Waals surface area contributed by atoms with Crippen LogP contribution < -0.4 is 20.5 Å². The lowest BCUT2D eigenvalue weighted by atomic mass is 10.1. The minimum atomic E-state index is -0.262. The van der Waals surface area contributed by atoms with Gasteiger partial charge in [0.15, 0.2) is 0 Å². The molecule has 32 heavy (non-hydrogen) atoms. The van der Waals surface area contributed by atoms with E-state index in [1.54, 1.807) is 13.3 Å². The lowest BCUT2D eigenvalue weighted by molar-refractivity contribution is 0.270. The molecule has 1 aromatic carbocycles. The van der Waals surface area contributed by atoms with Crippen molar-refractivity contribution in [1.82, 2.24) is 24.8 Å². The molecule has 0 spiro atoms. The number of aromatic amines is 1. The summed E-state index contributed by atoms with van der Waals surface area (Å²) in [5, 5.41) is 3.12. The van der Waals surface area contributed by atoms with Crippen LogP contribution in [0.4, 0.5) is 17.6 Å². The van der Waals surface area contributed by atoms with Gasteiger partial charge in [-0.3, -0.25) is 9.78 Å². The average molecular weight is 458 g/mol. The number of nitrogens with one attached hydrogen (secondary N) is 2. The Labute approximate surface area is 193 Å². The van der Waals surface area contributed by atoms with E-state index in [2.05, 4.69) is 37.0 Å². The number of nitrogens with zero attached hydrogens (tertiary/aromatic N) is 5. The number of aryl methyl sites for hydroxylation is 1. The number of anilines is 3. The van der Waals surface area contributed by atoms with Crippen molar-refractivity contribution in [2.24, 2.45) is 0 Å². The molecule has 4 rings (SSSR count). The number of rotatable bonds is 6. The number of likely N-dealkylation sites (N-methyl/N-ethyl adjacent to an activating group) is 1. The fraction of sp³-hybridized carbons (Fsp3) is 0.364. The molecule has 0 radical (unpaired) electrons. The molecule has 2 N–H and O–H groups in total. The Kier molecular flexibility index (Phi) is 7.66. The molecule has 1 aliphatic heterocycles. The van der Waals surface area contributed by atoms with E-state index < -0.39 is 0 Å². The lowest BCUT2D eigenvalue weighted by Crippen LogP contribution is -2.46. The second-order valence-corrected chi connectivity index (χ2v) is 7.39. The van der Waals surface area contributed by atoms with Crippen LogP contribution in [0.25, 0.3) is 11.3 Å². The standard InChI is InChI=1S/C22H27N7O2.ClH/c1-4-28-9-11-29(12-10-28)22-23-14-16(15(2)24-22)18-13-20(30)27-21(26-18)25-17-7-5-6-8-19(17)31-3;/h5-8,13-14H,4,9-12H2,1-3H3,(H2,25,26,27,30);1H. The molecule has 0 bridgehead atoms. The number of benzene rings is 1. The van der Waals surface area contributed by atoms with Gasteiger partial charge in [-0.25, -0.2) is 15.0 Å². The second-order valence-electron chi connectivity index (χ2n) is 7.39. The number of hydrogen-bond donors (Lipinski definition) is 2. The highest BCUT2D eigenvalue weighted by atomic mass is 35.5. The van der Waals surface area contributed by atoms with Gasteiger partial charge in [-0.1, -0.05) is 19.1 Å². The summed E-state index contributed by atoms with van der Waals surface area (Å²) in [4.78, 5) is 33.5. The number of aromatic nitrogens is 4. The van der Waals surface area contributed by atoms with E-state index in [0.717, 1.165) is 44.0 Å². The van der Waals surface area contributed by atoms with Crippen LogP contribution in [0.3, 0.4) is 0 Å². The fourth-order valence-corrected chi connectivity index (χ4v) is 3.65. The highest BCUT2D eigenvalue weighted by Crippen LogP contribution is 2.27. The van der Waals surface area contributed by atoms with Crippen LogP contribution in [0, 0.1) is 6.92 Å². The SMILES string of the molecule is CCN1CCN(c2ncc(-c3cc(=O)[nH]c(Nc4ccccc4OC)n3)c(C)n2)CC1.Cl. The molecule has 1 fully saturated rings. The van der Waals surface area contributed by atoms with Crippen molar-refractivity contribution in [3.8, 4) is 17.0 Å². The van der Waals surface area contributed by atoms with Gasteiger partial charge in [0, 0.05) is 44.0 Å². The number of para-hydroxylation sites is 2. The zero-order chi connectivity index (χ0) is 21.8. The largest absolute Gasteiger partial charge is 0.495 e. The van der Waals surface area contributed by atoms with Crippen molar-refractivity contribution in [1.29, 1.82) is 0 Å². The Hall–Kier alpha value is -3.17. The van der Waals surface area contributed by atoms with Gasteiger partial charge in [0.1, 0.15) is 5.75 Å². The number of hydrogen-bond acceptors (Lipinski definition) is 8. The van der Waals surface area contributed by atoms with E-state index in [0.29, 0.717) is 29.0 Å². The summed E-state index contributed by atoms with van der Waals surface area (Å²) < 4.78 is 5.36. The van der Waals surface area contributed by atoms with Crippen LogP contribution in [0.15, 0.2) is 41.3 Å². The maximum Gasteiger partial charge on any atom is 0.252 e. The minimum absolute atomic E-state index is 0. The molecule has 1 saturated heterocycles. The number of H-pyrrole nitrogens is 1. The normalized spacial score (nSPS) is 14.0. The maximum atomic E-state index is 12.3. The third-order valence-electron chi connectivity index (χ3n) is 5.45. The van der Waals surface area contributed by atoms with Gasteiger partial charge in [-0.2, -0.15) is 0 Å². The van der Waals surface area contributed by atoms with Crippen LogP contribution >= 0.6 is 12.4 Å². The zero-order valence-corrected chi connectivity index (χ0v) is 19.3. The zero-order valence-electron chi connectivity index (χ0n) is 18.5. The predicted molar refractivity (Wildman–Crippen MR) is 128 cm³/mol. The van der Waals surface area contributed by atoms with Crippen LogP contribution in [0.2, 0.25) is 0 Å². The molecule has 2 aromatic heterocycles. The van der Waals surface area contributed by atoms with E-state index in [-0.39, 0.29) is 18.0 Å². The van der Waals surface area contributed by atoms with Gasteiger partial charge in [0.2, 0.25) is 11.9 Å². The Balaban J connectivity index is 0.00000289. The predicted octanol–water partition coefficient (Wildman–Crippen LogP) is 2.85. The fourth-order valence-electron chi connectivity index (χ4n) is 3.65. The highest BCUT2D eigenvalue weighted by Gasteiger charge is 2.19. The second kappa shape index (κ2) is 10.4. The highest BCUT2D eigenvalue weighted by molar-refractivity contribution is 5.85.